The van der Waals surface area contributed by atoms with Gasteiger partial charge in [0.05, 0.1) is 11.4 Å². The second-order valence-electron chi connectivity index (χ2n) is 16.5. The number of pyridine rings is 1. The fourth-order valence-electron chi connectivity index (χ4n) is 8.67. The summed E-state index contributed by atoms with van der Waals surface area (Å²) in [7, 11) is 0. The maximum atomic E-state index is 5.24. The molecular formula is C60H42N6. The molecule has 0 fully saturated rings. The molecule has 6 nitrogen and oxygen atoms in total. The van der Waals surface area contributed by atoms with Crippen LogP contribution in [0, 0.1) is 13.8 Å². The number of nitrogens with zero attached hydrogens (tertiary/aromatic N) is 6. The zero-order valence-electron chi connectivity index (χ0n) is 36.5. The molecule has 11 aromatic rings. The van der Waals surface area contributed by atoms with Crippen molar-refractivity contribution in [3.8, 4) is 101 Å². The van der Waals surface area contributed by atoms with Gasteiger partial charge in [-0.15, -0.1) is 0 Å². The minimum Gasteiger partial charge on any atom is -0.258 e. The summed E-state index contributed by atoms with van der Waals surface area (Å²) in [6, 6.07) is 75.6. The van der Waals surface area contributed by atoms with Gasteiger partial charge in [-0.2, -0.15) is 0 Å². The van der Waals surface area contributed by atoms with E-state index in [1.54, 1.807) is 0 Å². The molecule has 0 amide bonds. The van der Waals surface area contributed by atoms with E-state index in [0.717, 1.165) is 100 Å². The highest BCUT2D eigenvalue weighted by Crippen LogP contribution is 2.41. The molecule has 6 heteroatoms. The molecule has 0 aliphatic rings. The molecule has 0 N–H and O–H groups in total. The number of hydrogen-bond donors (Lipinski definition) is 0. The van der Waals surface area contributed by atoms with Crippen molar-refractivity contribution in [1.29, 1.82) is 0 Å². The number of hydrogen-bond acceptors (Lipinski definition) is 6. The first-order chi connectivity index (χ1) is 32.5. The van der Waals surface area contributed by atoms with Gasteiger partial charge in [-0.3, -0.25) is 4.98 Å². The molecule has 0 aliphatic carbocycles. The molecular weight excluding hydrogens is 805 g/mol. The van der Waals surface area contributed by atoms with Crippen LogP contribution >= 0.6 is 0 Å². The maximum Gasteiger partial charge on any atom is 0.164 e. The van der Waals surface area contributed by atoms with Crippen LogP contribution in [0.25, 0.3) is 112 Å². The van der Waals surface area contributed by atoms with E-state index in [1.807, 2.05) is 80.6 Å². The second kappa shape index (κ2) is 17.4. The van der Waals surface area contributed by atoms with Gasteiger partial charge in [0.25, 0.3) is 0 Å². The lowest BCUT2D eigenvalue weighted by molar-refractivity contribution is 1.07. The molecule has 0 spiro atoms. The highest BCUT2D eigenvalue weighted by molar-refractivity contribution is 5.93. The number of rotatable bonds is 9. The van der Waals surface area contributed by atoms with Crippen LogP contribution in [0.2, 0.25) is 0 Å². The van der Waals surface area contributed by atoms with Crippen molar-refractivity contribution in [2.24, 2.45) is 0 Å². The van der Waals surface area contributed by atoms with E-state index in [2.05, 4.69) is 157 Å². The van der Waals surface area contributed by atoms with Crippen molar-refractivity contribution in [3.05, 3.63) is 230 Å². The normalized spacial score (nSPS) is 11.2. The predicted octanol–water partition coefficient (Wildman–Crippen LogP) is 14.8. The van der Waals surface area contributed by atoms with Gasteiger partial charge < -0.3 is 0 Å². The van der Waals surface area contributed by atoms with E-state index >= 15 is 0 Å². The number of benzene rings is 8. The lowest BCUT2D eigenvalue weighted by Gasteiger charge is -2.17. The van der Waals surface area contributed by atoms with Crippen molar-refractivity contribution in [1.82, 2.24) is 29.9 Å². The van der Waals surface area contributed by atoms with Crippen LogP contribution in [0.4, 0.5) is 0 Å². The van der Waals surface area contributed by atoms with E-state index in [-0.39, 0.29) is 0 Å². The summed E-state index contributed by atoms with van der Waals surface area (Å²) in [5, 5.41) is 2.29. The first-order valence-corrected chi connectivity index (χ1v) is 22.1. The third kappa shape index (κ3) is 8.15. The van der Waals surface area contributed by atoms with Crippen molar-refractivity contribution in [3.63, 3.8) is 0 Å². The first-order valence-electron chi connectivity index (χ1n) is 22.1. The van der Waals surface area contributed by atoms with Gasteiger partial charge in [0, 0.05) is 44.8 Å². The van der Waals surface area contributed by atoms with Gasteiger partial charge in [0.15, 0.2) is 23.3 Å². The van der Waals surface area contributed by atoms with Crippen LogP contribution in [-0.4, -0.2) is 29.9 Å². The summed E-state index contributed by atoms with van der Waals surface area (Å²) >= 11 is 0. The highest BCUT2D eigenvalue weighted by atomic mass is 15.0. The van der Waals surface area contributed by atoms with E-state index in [0.29, 0.717) is 23.3 Å². The average Bonchev–Trinajstić information content (AvgIpc) is 3.38. The summed E-state index contributed by atoms with van der Waals surface area (Å²) in [5.41, 5.74) is 15.8. The molecule has 0 saturated carbocycles. The van der Waals surface area contributed by atoms with Crippen LogP contribution in [0.15, 0.2) is 218 Å². The van der Waals surface area contributed by atoms with Crippen molar-refractivity contribution >= 4 is 10.8 Å². The summed E-state index contributed by atoms with van der Waals surface area (Å²) < 4.78 is 0. The van der Waals surface area contributed by atoms with E-state index < -0.39 is 0 Å². The Kier molecular flexibility index (Phi) is 10.6. The molecule has 0 aliphatic heterocycles. The van der Waals surface area contributed by atoms with Gasteiger partial charge in [0.1, 0.15) is 0 Å². The number of fused-ring (bicyclic) bond motifs is 1. The molecule has 3 heterocycles. The molecule has 0 unspecified atom stereocenters. The molecule has 0 radical (unpaired) electrons. The van der Waals surface area contributed by atoms with Gasteiger partial charge in [-0.25, -0.2) is 24.9 Å². The maximum absolute atomic E-state index is 5.24. The third-order valence-electron chi connectivity index (χ3n) is 11.9. The number of aryl methyl sites for hydroxylation is 2. The minimum atomic E-state index is 0.598. The van der Waals surface area contributed by atoms with Crippen LogP contribution < -0.4 is 0 Å². The zero-order chi connectivity index (χ0) is 44.4. The van der Waals surface area contributed by atoms with Crippen molar-refractivity contribution < 1.29 is 0 Å². The molecule has 0 saturated heterocycles. The first kappa shape index (κ1) is 40.1. The smallest absolute Gasteiger partial charge is 0.164 e. The summed E-state index contributed by atoms with van der Waals surface area (Å²) in [6.45, 7) is 4.09. The van der Waals surface area contributed by atoms with Crippen LogP contribution in [0.1, 0.15) is 11.4 Å². The topological polar surface area (TPSA) is 77.3 Å². The van der Waals surface area contributed by atoms with Crippen LogP contribution in [0.3, 0.4) is 0 Å². The summed E-state index contributed by atoms with van der Waals surface area (Å²) in [6.07, 6.45) is 0. The molecule has 0 bridgehead atoms. The van der Waals surface area contributed by atoms with E-state index in [1.165, 1.54) is 0 Å². The van der Waals surface area contributed by atoms with Crippen molar-refractivity contribution in [2.75, 3.05) is 0 Å². The second-order valence-corrected chi connectivity index (χ2v) is 16.5. The molecule has 11 rings (SSSR count). The lowest BCUT2D eigenvalue weighted by atomic mass is 9.88. The monoisotopic (exact) mass is 846 g/mol. The highest BCUT2D eigenvalue weighted by Gasteiger charge is 2.20. The Morgan fingerprint density at radius 1 is 0.227 bits per heavy atom. The number of aromatic nitrogens is 6. The Labute approximate surface area is 384 Å². The van der Waals surface area contributed by atoms with Crippen LogP contribution in [-0.2, 0) is 0 Å². The Morgan fingerprint density at radius 3 is 1.33 bits per heavy atom. The van der Waals surface area contributed by atoms with Gasteiger partial charge in [-0.1, -0.05) is 188 Å². The van der Waals surface area contributed by atoms with Gasteiger partial charge in [0.2, 0.25) is 0 Å². The summed E-state index contributed by atoms with van der Waals surface area (Å²) in [5.74, 6) is 2.51. The standard InChI is InChI=1S/C60H42N6/c1-39-34-50(35-40(2)61-39)48-32-33-52(54(37-48)42-27-29-44(30-28-42)56-38-55(43-17-6-3-7-18-43)62-57(63-56)45-19-8-4-9-20-45)51-24-14-15-25-53(51)60-65-58(46-21-10-5-11-22-46)64-59(66-60)49-31-26-41-16-12-13-23-47(41)36-49/h3-38H,1-2H3. The molecule has 8 aromatic carbocycles. The third-order valence-corrected chi connectivity index (χ3v) is 11.9. The van der Waals surface area contributed by atoms with Crippen LogP contribution in [0.5, 0.6) is 0 Å². The molecule has 312 valence electrons. The Balaban J connectivity index is 1.07. The molecule has 0 atom stereocenters. The Bertz CT molecular complexity index is 3460. The zero-order valence-corrected chi connectivity index (χ0v) is 36.5. The largest absolute Gasteiger partial charge is 0.258 e. The Morgan fingerprint density at radius 2 is 0.682 bits per heavy atom. The average molecular weight is 847 g/mol. The Hall–Kier alpha value is -8.74. The fraction of sp³-hybridized carbons (Fsp3) is 0.0333. The molecule has 66 heavy (non-hydrogen) atoms. The quantitative estimate of drug-likeness (QED) is 0.144. The lowest BCUT2D eigenvalue weighted by Crippen LogP contribution is -2.01. The molecule has 3 aromatic heterocycles. The van der Waals surface area contributed by atoms with Gasteiger partial charge >= 0.3 is 0 Å². The van der Waals surface area contributed by atoms with Gasteiger partial charge in [-0.05, 0) is 88.3 Å². The van der Waals surface area contributed by atoms with E-state index in [4.69, 9.17) is 24.9 Å². The van der Waals surface area contributed by atoms with Crippen molar-refractivity contribution in [2.45, 2.75) is 13.8 Å². The summed E-state index contributed by atoms with van der Waals surface area (Å²) in [4.78, 5) is 30.3. The van der Waals surface area contributed by atoms with E-state index in [9.17, 15) is 0 Å². The predicted molar refractivity (Wildman–Crippen MR) is 269 cm³/mol. The SMILES string of the molecule is Cc1cc(-c2ccc(-c3ccccc3-c3nc(-c4ccccc4)nc(-c4ccc5ccccc5c4)n3)c(-c3ccc(-c4cc(-c5ccccc5)nc(-c5ccccc5)n4)cc3)c2)cc(C)n1. The fourth-order valence-corrected chi connectivity index (χ4v) is 8.67. The minimum absolute atomic E-state index is 0.598.